The van der Waals surface area contributed by atoms with Gasteiger partial charge in [-0.15, -0.1) is 0 Å². The highest BCUT2D eigenvalue weighted by Crippen LogP contribution is 2.38. The molecule has 150 valence electrons. The van der Waals surface area contributed by atoms with Crippen molar-refractivity contribution in [1.29, 1.82) is 0 Å². The van der Waals surface area contributed by atoms with Crippen LogP contribution in [0.5, 0.6) is 17.2 Å². The quantitative estimate of drug-likeness (QED) is 0.787. The van der Waals surface area contributed by atoms with E-state index in [9.17, 15) is 4.79 Å². The van der Waals surface area contributed by atoms with Gasteiger partial charge in [0.2, 0.25) is 5.75 Å². The lowest BCUT2D eigenvalue weighted by Gasteiger charge is -2.31. The standard InChI is InChI=1S/C21H32N2O4/c1-25-18-9-6-10-19(20(18)26-2)27-17-13-11-16(12-14-17)23-21(24)22-15-7-4-3-5-8-15/h6,9-10,15-17H,3-5,7-8,11-14H2,1-2H3,(H2,22,23,24). The Bertz CT molecular complexity index is 608. The molecule has 6 nitrogen and oxygen atoms in total. The van der Waals surface area contributed by atoms with Crippen LogP contribution in [0.3, 0.4) is 0 Å². The zero-order valence-corrected chi connectivity index (χ0v) is 16.5. The number of hydrogen-bond acceptors (Lipinski definition) is 4. The summed E-state index contributed by atoms with van der Waals surface area (Å²) in [6.07, 6.45) is 9.76. The number of urea groups is 1. The lowest BCUT2D eigenvalue weighted by Crippen LogP contribution is -2.48. The molecule has 0 unspecified atom stereocenters. The van der Waals surface area contributed by atoms with E-state index in [1.165, 1.54) is 19.3 Å². The lowest BCUT2D eigenvalue weighted by molar-refractivity contribution is 0.134. The Balaban J connectivity index is 1.44. The van der Waals surface area contributed by atoms with Gasteiger partial charge in [0.1, 0.15) is 0 Å². The van der Waals surface area contributed by atoms with E-state index in [1.54, 1.807) is 14.2 Å². The topological polar surface area (TPSA) is 68.8 Å². The van der Waals surface area contributed by atoms with Crippen LogP contribution in [0.25, 0.3) is 0 Å². The third-order valence-corrected chi connectivity index (χ3v) is 5.61. The number of para-hydroxylation sites is 1. The molecule has 3 rings (SSSR count). The van der Waals surface area contributed by atoms with E-state index in [0.717, 1.165) is 38.5 Å². The number of nitrogens with one attached hydrogen (secondary N) is 2. The highest BCUT2D eigenvalue weighted by Gasteiger charge is 2.25. The summed E-state index contributed by atoms with van der Waals surface area (Å²) in [6, 6.07) is 6.22. The molecule has 2 saturated carbocycles. The highest BCUT2D eigenvalue weighted by molar-refractivity contribution is 5.74. The smallest absolute Gasteiger partial charge is 0.315 e. The molecule has 27 heavy (non-hydrogen) atoms. The molecular weight excluding hydrogens is 344 g/mol. The minimum Gasteiger partial charge on any atom is -0.493 e. The summed E-state index contributed by atoms with van der Waals surface area (Å²) < 4.78 is 16.9. The van der Waals surface area contributed by atoms with Gasteiger partial charge in [-0.2, -0.15) is 0 Å². The third-order valence-electron chi connectivity index (χ3n) is 5.61. The van der Waals surface area contributed by atoms with Crippen molar-refractivity contribution in [2.75, 3.05) is 14.2 Å². The summed E-state index contributed by atoms with van der Waals surface area (Å²) in [4.78, 5) is 12.2. The predicted octanol–water partition coefficient (Wildman–Crippen LogP) is 4.03. The van der Waals surface area contributed by atoms with Gasteiger partial charge in [0.25, 0.3) is 0 Å². The molecule has 2 amide bonds. The fraction of sp³-hybridized carbons (Fsp3) is 0.667. The van der Waals surface area contributed by atoms with E-state index in [-0.39, 0.29) is 18.2 Å². The minimum absolute atomic E-state index is 0.0132. The van der Waals surface area contributed by atoms with Gasteiger partial charge < -0.3 is 24.8 Å². The van der Waals surface area contributed by atoms with Crippen molar-refractivity contribution >= 4 is 6.03 Å². The Kier molecular flexibility index (Phi) is 7.07. The van der Waals surface area contributed by atoms with Crippen molar-refractivity contribution in [2.45, 2.75) is 76.0 Å². The molecule has 0 radical (unpaired) electrons. The molecule has 0 heterocycles. The Morgan fingerprint density at radius 1 is 0.852 bits per heavy atom. The van der Waals surface area contributed by atoms with Crippen LogP contribution in [0.15, 0.2) is 18.2 Å². The van der Waals surface area contributed by atoms with E-state index in [4.69, 9.17) is 14.2 Å². The summed E-state index contributed by atoms with van der Waals surface area (Å²) in [5, 5.41) is 6.27. The average Bonchev–Trinajstić information content (AvgIpc) is 2.70. The fourth-order valence-corrected chi connectivity index (χ4v) is 4.11. The van der Waals surface area contributed by atoms with Gasteiger partial charge in [-0.3, -0.25) is 0 Å². The number of rotatable bonds is 6. The van der Waals surface area contributed by atoms with E-state index in [2.05, 4.69) is 10.6 Å². The van der Waals surface area contributed by atoms with Crippen molar-refractivity contribution in [2.24, 2.45) is 0 Å². The van der Waals surface area contributed by atoms with Gasteiger partial charge in [-0.05, 0) is 50.7 Å². The molecule has 0 aromatic heterocycles. The lowest BCUT2D eigenvalue weighted by atomic mass is 9.93. The summed E-state index contributed by atoms with van der Waals surface area (Å²) in [6.45, 7) is 0. The largest absolute Gasteiger partial charge is 0.493 e. The van der Waals surface area contributed by atoms with Crippen LogP contribution in [0.2, 0.25) is 0 Å². The molecule has 0 aliphatic heterocycles. The predicted molar refractivity (Wildman–Crippen MR) is 105 cm³/mol. The molecular formula is C21H32N2O4. The zero-order valence-electron chi connectivity index (χ0n) is 16.5. The summed E-state index contributed by atoms with van der Waals surface area (Å²) in [7, 11) is 3.24. The molecule has 0 saturated heterocycles. The number of carbonyl (C=O) groups excluding carboxylic acids is 1. The van der Waals surface area contributed by atoms with Crippen molar-refractivity contribution in [3.8, 4) is 17.2 Å². The van der Waals surface area contributed by atoms with Crippen molar-refractivity contribution in [1.82, 2.24) is 10.6 Å². The number of carbonyl (C=O) groups is 1. The Hall–Kier alpha value is -2.11. The van der Waals surface area contributed by atoms with Crippen molar-refractivity contribution in [3.05, 3.63) is 18.2 Å². The molecule has 2 N–H and O–H groups in total. The van der Waals surface area contributed by atoms with E-state index in [0.29, 0.717) is 23.3 Å². The Labute approximate surface area is 161 Å². The number of hydrogen-bond donors (Lipinski definition) is 2. The fourth-order valence-electron chi connectivity index (χ4n) is 4.11. The second kappa shape index (κ2) is 9.72. The summed E-state index contributed by atoms with van der Waals surface area (Å²) in [5.74, 6) is 2.01. The number of benzene rings is 1. The van der Waals surface area contributed by atoms with Crippen molar-refractivity contribution in [3.63, 3.8) is 0 Å². The van der Waals surface area contributed by atoms with E-state index >= 15 is 0 Å². The average molecular weight is 376 g/mol. The van der Waals surface area contributed by atoms with Crippen LogP contribution in [0, 0.1) is 0 Å². The molecule has 2 aliphatic carbocycles. The molecule has 2 aliphatic rings. The van der Waals surface area contributed by atoms with Gasteiger partial charge in [-0.1, -0.05) is 25.3 Å². The van der Waals surface area contributed by atoms with E-state index < -0.39 is 0 Å². The number of methoxy groups -OCH3 is 2. The SMILES string of the molecule is COc1cccc(OC2CCC(NC(=O)NC3CCCCC3)CC2)c1OC. The van der Waals surface area contributed by atoms with Crippen LogP contribution >= 0.6 is 0 Å². The van der Waals surface area contributed by atoms with Crippen LogP contribution in [0.4, 0.5) is 4.79 Å². The molecule has 0 bridgehead atoms. The zero-order chi connectivity index (χ0) is 19.1. The third kappa shape index (κ3) is 5.44. The van der Waals surface area contributed by atoms with E-state index in [1.807, 2.05) is 18.2 Å². The van der Waals surface area contributed by atoms with Crippen LogP contribution < -0.4 is 24.8 Å². The minimum atomic E-state index is -0.0132. The number of ether oxygens (including phenoxy) is 3. The van der Waals surface area contributed by atoms with Gasteiger partial charge in [0.05, 0.1) is 20.3 Å². The van der Waals surface area contributed by atoms with Gasteiger partial charge in [0, 0.05) is 12.1 Å². The van der Waals surface area contributed by atoms with Crippen LogP contribution in [-0.2, 0) is 0 Å². The normalized spacial score (nSPS) is 23.3. The van der Waals surface area contributed by atoms with Gasteiger partial charge >= 0.3 is 6.03 Å². The molecule has 0 atom stereocenters. The highest BCUT2D eigenvalue weighted by atomic mass is 16.5. The first-order valence-corrected chi connectivity index (χ1v) is 10.1. The first-order chi connectivity index (χ1) is 13.2. The molecule has 0 spiro atoms. The maximum atomic E-state index is 12.2. The summed E-state index contributed by atoms with van der Waals surface area (Å²) >= 11 is 0. The number of amides is 2. The van der Waals surface area contributed by atoms with Crippen LogP contribution in [0.1, 0.15) is 57.8 Å². The molecule has 6 heteroatoms. The van der Waals surface area contributed by atoms with Gasteiger partial charge in [0.15, 0.2) is 11.5 Å². The molecule has 1 aromatic carbocycles. The second-order valence-corrected chi connectivity index (χ2v) is 7.54. The second-order valence-electron chi connectivity index (χ2n) is 7.54. The Morgan fingerprint density at radius 2 is 1.48 bits per heavy atom. The summed E-state index contributed by atoms with van der Waals surface area (Å²) in [5.41, 5.74) is 0. The maximum absolute atomic E-state index is 12.2. The first-order valence-electron chi connectivity index (χ1n) is 10.1. The monoisotopic (exact) mass is 376 g/mol. The van der Waals surface area contributed by atoms with Crippen molar-refractivity contribution < 1.29 is 19.0 Å². The first kappa shape index (κ1) is 19.6. The van der Waals surface area contributed by atoms with Crippen LogP contribution in [-0.4, -0.2) is 38.4 Å². The maximum Gasteiger partial charge on any atom is 0.315 e. The molecule has 1 aromatic rings. The van der Waals surface area contributed by atoms with Gasteiger partial charge in [-0.25, -0.2) is 4.79 Å². The Morgan fingerprint density at radius 3 is 2.11 bits per heavy atom. The molecule has 2 fully saturated rings.